The fraction of sp³-hybridized carbons (Fsp3) is 0.385. The molecule has 33 heavy (non-hydrogen) atoms. The Labute approximate surface area is 194 Å². The summed E-state index contributed by atoms with van der Waals surface area (Å²) in [7, 11) is 0. The largest absolute Gasteiger partial charge is 0.387 e. The third kappa shape index (κ3) is 6.06. The molecule has 0 aliphatic heterocycles. The average molecular weight is 453 g/mol. The molecule has 0 saturated heterocycles. The molecule has 2 aromatic carbocycles. The van der Waals surface area contributed by atoms with Gasteiger partial charge in [-0.2, -0.15) is 0 Å². The number of imidazole rings is 1. The highest BCUT2D eigenvalue weighted by molar-refractivity contribution is 5.77. The number of benzene rings is 2. The van der Waals surface area contributed by atoms with E-state index in [0.29, 0.717) is 12.4 Å². The van der Waals surface area contributed by atoms with Gasteiger partial charge in [0.2, 0.25) is 5.91 Å². The monoisotopic (exact) mass is 452 g/mol. The van der Waals surface area contributed by atoms with E-state index in [0.717, 1.165) is 16.8 Å². The van der Waals surface area contributed by atoms with Crippen LogP contribution in [0.2, 0.25) is 0 Å². The summed E-state index contributed by atoms with van der Waals surface area (Å²) in [5.74, 6) is 0.0813. The van der Waals surface area contributed by atoms with E-state index in [9.17, 15) is 14.3 Å². The SMILES string of the molecule is CC(C)(C)[C@H](c1nc(-c2ccccc2)cn1Cc1ccccc1)N(C[C@H](F)CN)C(=O)CO. The molecule has 1 amide bonds. The molecular formula is C26H33FN4O2. The molecule has 2 atom stereocenters. The molecular weight excluding hydrogens is 419 g/mol. The maximum atomic E-state index is 14.4. The molecule has 176 valence electrons. The Morgan fingerprint density at radius 1 is 1.12 bits per heavy atom. The number of hydrogen-bond acceptors (Lipinski definition) is 4. The quantitative estimate of drug-likeness (QED) is 0.517. The Morgan fingerprint density at radius 3 is 2.27 bits per heavy atom. The van der Waals surface area contributed by atoms with Gasteiger partial charge in [0, 0.05) is 24.8 Å². The van der Waals surface area contributed by atoms with Gasteiger partial charge in [-0.1, -0.05) is 81.4 Å². The summed E-state index contributed by atoms with van der Waals surface area (Å²) >= 11 is 0. The summed E-state index contributed by atoms with van der Waals surface area (Å²) < 4.78 is 16.4. The predicted molar refractivity (Wildman–Crippen MR) is 128 cm³/mol. The molecule has 1 aromatic heterocycles. The van der Waals surface area contributed by atoms with E-state index >= 15 is 0 Å². The van der Waals surface area contributed by atoms with Crippen LogP contribution in [0.15, 0.2) is 66.9 Å². The summed E-state index contributed by atoms with van der Waals surface area (Å²) in [6, 6.07) is 19.2. The van der Waals surface area contributed by atoms with Crippen molar-refractivity contribution in [1.82, 2.24) is 14.5 Å². The average Bonchev–Trinajstić information content (AvgIpc) is 3.21. The Kier molecular flexibility index (Phi) is 8.00. The third-order valence-corrected chi connectivity index (χ3v) is 5.56. The first kappa shape index (κ1) is 24.6. The molecule has 0 fully saturated rings. The maximum Gasteiger partial charge on any atom is 0.249 e. The van der Waals surface area contributed by atoms with E-state index in [2.05, 4.69) is 0 Å². The molecule has 7 heteroatoms. The van der Waals surface area contributed by atoms with Gasteiger partial charge in [0.15, 0.2) is 0 Å². The van der Waals surface area contributed by atoms with Crippen LogP contribution in [0.5, 0.6) is 0 Å². The fourth-order valence-corrected chi connectivity index (χ4v) is 4.03. The van der Waals surface area contributed by atoms with Crippen molar-refractivity contribution >= 4 is 5.91 Å². The van der Waals surface area contributed by atoms with E-state index in [1.165, 1.54) is 4.90 Å². The molecule has 3 aromatic rings. The topological polar surface area (TPSA) is 84.4 Å². The molecule has 0 spiro atoms. The van der Waals surface area contributed by atoms with Gasteiger partial charge in [-0.3, -0.25) is 4.79 Å². The maximum absolute atomic E-state index is 14.4. The molecule has 6 nitrogen and oxygen atoms in total. The van der Waals surface area contributed by atoms with Gasteiger partial charge >= 0.3 is 0 Å². The van der Waals surface area contributed by atoms with Crippen molar-refractivity contribution in [3.05, 3.63) is 78.2 Å². The van der Waals surface area contributed by atoms with Gasteiger partial charge in [-0.25, -0.2) is 9.37 Å². The minimum Gasteiger partial charge on any atom is -0.387 e. The molecule has 0 saturated carbocycles. The lowest BCUT2D eigenvalue weighted by molar-refractivity contribution is -0.140. The number of alkyl halides is 1. The zero-order valence-electron chi connectivity index (χ0n) is 19.5. The summed E-state index contributed by atoms with van der Waals surface area (Å²) in [6.45, 7) is 5.35. The van der Waals surface area contributed by atoms with Crippen LogP contribution in [0.1, 0.15) is 38.2 Å². The van der Waals surface area contributed by atoms with Crippen LogP contribution in [-0.2, 0) is 11.3 Å². The first-order chi connectivity index (χ1) is 15.7. The number of aliphatic hydroxyl groups excluding tert-OH is 1. The van der Waals surface area contributed by atoms with Gasteiger partial charge in [-0.15, -0.1) is 0 Å². The summed E-state index contributed by atoms with van der Waals surface area (Å²) in [4.78, 5) is 19.1. The number of nitrogens with zero attached hydrogens (tertiary/aromatic N) is 3. The van der Waals surface area contributed by atoms with Crippen molar-refractivity contribution in [2.45, 2.75) is 39.5 Å². The van der Waals surface area contributed by atoms with Crippen molar-refractivity contribution in [2.75, 3.05) is 19.7 Å². The van der Waals surface area contributed by atoms with Crippen molar-refractivity contribution in [2.24, 2.45) is 11.1 Å². The van der Waals surface area contributed by atoms with Crippen LogP contribution < -0.4 is 5.73 Å². The van der Waals surface area contributed by atoms with E-state index in [-0.39, 0.29) is 13.1 Å². The molecule has 0 radical (unpaired) electrons. The number of carbonyl (C=O) groups excluding carboxylic acids is 1. The summed E-state index contributed by atoms with van der Waals surface area (Å²) in [5, 5.41) is 9.67. The molecule has 0 unspecified atom stereocenters. The van der Waals surface area contributed by atoms with E-state index in [4.69, 9.17) is 10.7 Å². The second kappa shape index (κ2) is 10.7. The van der Waals surface area contributed by atoms with Gasteiger partial charge in [0.05, 0.1) is 18.3 Å². The first-order valence-corrected chi connectivity index (χ1v) is 11.2. The highest BCUT2D eigenvalue weighted by Gasteiger charge is 2.39. The number of carbonyl (C=O) groups is 1. The number of aromatic nitrogens is 2. The van der Waals surface area contributed by atoms with Crippen molar-refractivity contribution < 1.29 is 14.3 Å². The number of rotatable bonds is 9. The number of aliphatic hydroxyl groups is 1. The highest BCUT2D eigenvalue weighted by atomic mass is 19.1. The zero-order valence-corrected chi connectivity index (χ0v) is 19.5. The summed E-state index contributed by atoms with van der Waals surface area (Å²) in [6.07, 6.45) is 0.560. The van der Waals surface area contributed by atoms with Crippen LogP contribution in [0, 0.1) is 5.41 Å². The molecule has 0 aliphatic carbocycles. The van der Waals surface area contributed by atoms with Crippen molar-refractivity contribution in [3.63, 3.8) is 0 Å². The first-order valence-electron chi connectivity index (χ1n) is 11.2. The van der Waals surface area contributed by atoms with E-state index in [1.54, 1.807) is 0 Å². The molecule has 3 rings (SSSR count). The third-order valence-electron chi connectivity index (χ3n) is 5.56. The molecule has 1 heterocycles. The van der Waals surface area contributed by atoms with Gasteiger partial charge in [0.1, 0.15) is 18.6 Å². The van der Waals surface area contributed by atoms with Crippen LogP contribution in [0.3, 0.4) is 0 Å². The zero-order chi connectivity index (χ0) is 24.0. The lowest BCUT2D eigenvalue weighted by Crippen LogP contribution is -2.47. The van der Waals surface area contributed by atoms with Crippen molar-refractivity contribution in [1.29, 1.82) is 0 Å². The van der Waals surface area contributed by atoms with Crippen LogP contribution in [-0.4, -0.2) is 51.3 Å². The van der Waals surface area contributed by atoms with Crippen LogP contribution >= 0.6 is 0 Å². The number of hydrogen-bond donors (Lipinski definition) is 2. The molecule has 0 bridgehead atoms. The minimum atomic E-state index is -1.41. The van der Waals surface area contributed by atoms with Gasteiger partial charge in [0.25, 0.3) is 0 Å². The lowest BCUT2D eigenvalue weighted by atomic mass is 9.84. The second-order valence-corrected chi connectivity index (χ2v) is 9.27. The van der Waals surface area contributed by atoms with Crippen molar-refractivity contribution in [3.8, 4) is 11.3 Å². The van der Waals surface area contributed by atoms with Crippen LogP contribution in [0.25, 0.3) is 11.3 Å². The highest BCUT2D eigenvalue weighted by Crippen LogP contribution is 2.39. The fourth-order valence-electron chi connectivity index (χ4n) is 4.03. The van der Waals surface area contributed by atoms with E-state index in [1.807, 2.05) is 92.2 Å². The Morgan fingerprint density at radius 2 is 1.73 bits per heavy atom. The Hall–Kier alpha value is -3.03. The Bertz CT molecular complexity index is 1030. The smallest absolute Gasteiger partial charge is 0.249 e. The number of amides is 1. The second-order valence-electron chi connectivity index (χ2n) is 9.27. The van der Waals surface area contributed by atoms with Crippen LogP contribution in [0.4, 0.5) is 4.39 Å². The standard InChI is InChI=1S/C26H33FN4O2/c1-26(2,3)24(31(23(33)18-32)16-21(27)14-28)25-29-22(20-12-8-5-9-13-20)17-30(25)15-19-10-6-4-7-11-19/h4-13,17,21,24,32H,14-16,18,28H2,1-3H3/t21-,24+/m1/s1. The molecule has 0 aliphatic rings. The Balaban J connectivity index is 2.16. The summed E-state index contributed by atoms with van der Waals surface area (Å²) in [5.41, 5.74) is 7.82. The molecule has 3 N–H and O–H groups in total. The predicted octanol–water partition coefficient (Wildman–Crippen LogP) is 3.80. The number of nitrogens with two attached hydrogens (primary N) is 1. The lowest BCUT2D eigenvalue weighted by Gasteiger charge is -2.40. The normalized spacial score (nSPS) is 13.5. The van der Waals surface area contributed by atoms with Gasteiger partial charge in [-0.05, 0) is 11.0 Å². The van der Waals surface area contributed by atoms with Gasteiger partial charge < -0.3 is 20.3 Å². The number of halogens is 1. The van der Waals surface area contributed by atoms with E-state index < -0.39 is 30.1 Å². The minimum absolute atomic E-state index is 0.209.